The molecule has 1 aromatic rings. The molecule has 0 spiro atoms. The van der Waals surface area contributed by atoms with Crippen LogP contribution in [-0.2, 0) is 4.79 Å². The Morgan fingerprint density at radius 2 is 2.00 bits per heavy atom. The smallest absolute Gasteiger partial charge is 0.323 e. The number of urea groups is 1. The van der Waals surface area contributed by atoms with Crippen LogP contribution in [-0.4, -0.2) is 34.1 Å². The lowest BCUT2D eigenvalue weighted by atomic mass is 10.1. The lowest BCUT2D eigenvalue weighted by Gasteiger charge is -2.34. The van der Waals surface area contributed by atoms with Crippen LogP contribution in [0.2, 0.25) is 5.02 Å². The van der Waals surface area contributed by atoms with Gasteiger partial charge in [0, 0.05) is 16.2 Å². The van der Waals surface area contributed by atoms with Crippen LogP contribution >= 0.6 is 11.6 Å². The highest BCUT2D eigenvalue weighted by molar-refractivity contribution is 6.30. The van der Waals surface area contributed by atoms with E-state index >= 15 is 0 Å². The first-order valence-electron chi connectivity index (χ1n) is 5.76. The molecule has 5 nitrogen and oxygen atoms in total. The van der Waals surface area contributed by atoms with Crippen LogP contribution < -0.4 is 5.32 Å². The molecule has 1 aromatic carbocycles. The Morgan fingerprint density at radius 1 is 1.37 bits per heavy atom. The first-order valence-corrected chi connectivity index (χ1v) is 6.14. The minimum absolute atomic E-state index is 0.365. The van der Waals surface area contributed by atoms with Crippen LogP contribution in [0, 0.1) is 0 Å². The molecule has 0 aliphatic rings. The Hall–Kier alpha value is -1.75. The maximum Gasteiger partial charge on any atom is 0.323 e. The summed E-state index contributed by atoms with van der Waals surface area (Å²) in [5.74, 6) is -1.06. The molecule has 0 fully saturated rings. The zero-order chi connectivity index (χ0) is 14.6. The van der Waals surface area contributed by atoms with Crippen molar-refractivity contribution in [3.63, 3.8) is 0 Å². The van der Waals surface area contributed by atoms with E-state index in [0.29, 0.717) is 10.7 Å². The molecule has 2 N–H and O–H groups in total. The third-order valence-electron chi connectivity index (χ3n) is 2.42. The first-order chi connectivity index (χ1) is 8.70. The topological polar surface area (TPSA) is 69.6 Å². The number of halogens is 1. The molecule has 6 heteroatoms. The number of carbonyl (C=O) groups is 2. The predicted molar refractivity (Wildman–Crippen MR) is 74.6 cm³/mol. The largest absolute Gasteiger partial charge is 0.480 e. The summed E-state index contributed by atoms with van der Waals surface area (Å²) < 4.78 is 0. The number of carbonyl (C=O) groups excluding carboxylic acids is 1. The van der Waals surface area contributed by atoms with Crippen molar-refractivity contribution in [1.82, 2.24) is 4.90 Å². The summed E-state index contributed by atoms with van der Waals surface area (Å²) in [7, 11) is 0. The van der Waals surface area contributed by atoms with Crippen LogP contribution in [0.25, 0.3) is 0 Å². The van der Waals surface area contributed by atoms with Crippen LogP contribution in [0.4, 0.5) is 10.5 Å². The second-order valence-corrected chi connectivity index (χ2v) is 5.53. The molecule has 2 amide bonds. The Morgan fingerprint density at radius 3 is 2.47 bits per heavy atom. The van der Waals surface area contributed by atoms with E-state index < -0.39 is 17.5 Å². The Labute approximate surface area is 117 Å². The zero-order valence-electron chi connectivity index (χ0n) is 11.1. The number of nitrogens with one attached hydrogen (secondary N) is 1. The molecule has 0 aromatic heterocycles. The monoisotopic (exact) mass is 284 g/mol. The number of aliphatic carboxylic acids is 1. The molecule has 19 heavy (non-hydrogen) atoms. The number of hydrogen-bond acceptors (Lipinski definition) is 2. The summed E-state index contributed by atoms with van der Waals surface area (Å²) in [6, 6.07) is 6.20. The van der Waals surface area contributed by atoms with Gasteiger partial charge in [0.2, 0.25) is 0 Å². The summed E-state index contributed by atoms with van der Waals surface area (Å²) in [5.41, 5.74) is -0.0711. The molecule has 0 atom stereocenters. The SMILES string of the molecule is CC(C)(C)N(CC(=O)O)C(=O)Nc1cccc(Cl)c1. The van der Waals surface area contributed by atoms with Crippen molar-refractivity contribution in [2.75, 3.05) is 11.9 Å². The summed E-state index contributed by atoms with van der Waals surface area (Å²) in [6.07, 6.45) is 0. The summed E-state index contributed by atoms with van der Waals surface area (Å²) in [6.45, 7) is 4.95. The van der Waals surface area contributed by atoms with Gasteiger partial charge in [0.1, 0.15) is 6.54 Å². The highest BCUT2D eigenvalue weighted by Gasteiger charge is 2.28. The van der Waals surface area contributed by atoms with Gasteiger partial charge in [0.25, 0.3) is 0 Å². The molecule has 0 aliphatic heterocycles. The molecule has 0 heterocycles. The minimum atomic E-state index is -1.06. The first kappa shape index (κ1) is 15.3. The van der Waals surface area contributed by atoms with E-state index in [1.165, 1.54) is 4.90 Å². The third-order valence-corrected chi connectivity index (χ3v) is 2.66. The van der Waals surface area contributed by atoms with Gasteiger partial charge in [-0.2, -0.15) is 0 Å². The molecular weight excluding hydrogens is 268 g/mol. The summed E-state index contributed by atoms with van der Waals surface area (Å²) >= 11 is 5.82. The molecule has 0 aliphatic carbocycles. The normalized spacial score (nSPS) is 10.9. The fourth-order valence-corrected chi connectivity index (χ4v) is 1.70. The van der Waals surface area contributed by atoms with Gasteiger partial charge in [-0.25, -0.2) is 4.79 Å². The van der Waals surface area contributed by atoms with E-state index in [2.05, 4.69) is 5.32 Å². The lowest BCUT2D eigenvalue weighted by molar-refractivity contribution is -0.138. The van der Waals surface area contributed by atoms with E-state index in [-0.39, 0.29) is 6.54 Å². The number of anilines is 1. The molecule has 0 saturated carbocycles. The van der Waals surface area contributed by atoms with Crippen molar-refractivity contribution < 1.29 is 14.7 Å². The van der Waals surface area contributed by atoms with Gasteiger partial charge in [0.05, 0.1) is 0 Å². The number of carboxylic acids is 1. The molecular formula is C13H17ClN2O3. The minimum Gasteiger partial charge on any atom is -0.480 e. The van der Waals surface area contributed by atoms with Crippen LogP contribution in [0.3, 0.4) is 0 Å². The molecule has 0 saturated heterocycles. The number of nitrogens with zero attached hydrogens (tertiary/aromatic N) is 1. The molecule has 1 rings (SSSR count). The zero-order valence-corrected chi connectivity index (χ0v) is 11.9. The Kier molecular flexibility index (Phi) is 4.78. The van der Waals surface area contributed by atoms with Gasteiger partial charge in [-0.05, 0) is 39.0 Å². The fourth-order valence-electron chi connectivity index (χ4n) is 1.51. The van der Waals surface area contributed by atoms with Crippen LogP contribution in [0.15, 0.2) is 24.3 Å². The van der Waals surface area contributed by atoms with Crippen molar-refractivity contribution in [3.8, 4) is 0 Å². The average molecular weight is 285 g/mol. The highest BCUT2D eigenvalue weighted by Crippen LogP contribution is 2.18. The summed E-state index contributed by atoms with van der Waals surface area (Å²) in [4.78, 5) is 24.2. The van der Waals surface area contributed by atoms with E-state index in [1.807, 2.05) is 0 Å². The fraction of sp³-hybridized carbons (Fsp3) is 0.385. The van der Waals surface area contributed by atoms with Crippen LogP contribution in [0.1, 0.15) is 20.8 Å². The lowest BCUT2D eigenvalue weighted by Crippen LogP contribution is -2.50. The van der Waals surface area contributed by atoms with Gasteiger partial charge in [0.15, 0.2) is 0 Å². The maximum atomic E-state index is 12.1. The number of benzene rings is 1. The molecule has 0 radical (unpaired) electrons. The van der Waals surface area contributed by atoms with Crippen molar-refractivity contribution in [2.24, 2.45) is 0 Å². The standard InChI is InChI=1S/C13H17ClN2O3/c1-13(2,3)16(8-11(17)18)12(19)15-10-6-4-5-9(14)7-10/h4-7H,8H2,1-3H3,(H,15,19)(H,17,18). The van der Waals surface area contributed by atoms with Gasteiger partial charge in [-0.1, -0.05) is 17.7 Å². The number of rotatable bonds is 3. The summed E-state index contributed by atoms with van der Waals surface area (Å²) in [5, 5.41) is 12.0. The Balaban J connectivity index is 2.86. The number of hydrogen-bond donors (Lipinski definition) is 2. The highest BCUT2D eigenvalue weighted by atomic mass is 35.5. The van der Waals surface area contributed by atoms with Crippen molar-refractivity contribution in [1.29, 1.82) is 0 Å². The van der Waals surface area contributed by atoms with E-state index in [9.17, 15) is 9.59 Å². The van der Waals surface area contributed by atoms with E-state index in [1.54, 1.807) is 45.0 Å². The number of carboxylic acid groups (broad SMARTS) is 1. The third kappa shape index (κ3) is 4.79. The second-order valence-electron chi connectivity index (χ2n) is 5.09. The van der Waals surface area contributed by atoms with E-state index in [0.717, 1.165) is 0 Å². The van der Waals surface area contributed by atoms with Crippen LogP contribution in [0.5, 0.6) is 0 Å². The Bertz CT molecular complexity index is 483. The second kappa shape index (κ2) is 5.93. The molecule has 104 valence electrons. The molecule has 0 bridgehead atoms. The van der Waals surface area contributed by atoms with Crippen molar-refractivity contribution in [2.45, 2.75) is 26.3 Å². The van der Waals surface area contributed by atoms with Crippen molar-refractivity contribution >= 4 is 29.3 Å². The average Bonchev–Trinajstić information content (AvgIpc) is 2.24. The molecule has 0 unspecified atom stereocenters. The van der Waals surface area contributed by atoms with Gasteiger partial charge in [-0.15, -0.1) is 0 Å². The quantitative estimate of drug-likeness (QED) is 0.896. The van der Waals surface area contributed by atoms with Crippen molar-refractivity contribution in [3.05, 3.63) is 29.3 Å². The number of amides is 2. The predicted octanol–water partition coefficient (Wildman–Crippen LogP) is 3.06. The maximum absolute atomic E-state index is 12.1. The van der Waals surface area contributed by atoms with Gasteiger partial charge >= 0.3 is 12.0 Å². The van der Waals surface area contributed by atoms with Gasteiger partial charge in [-0.3, -0.25) is 4.79 Å². The van der Waals surface area contributed by atoms with Gasteiger partial charge < -0.3 is 15.3 Å². The van der Waals surface area contributed by atoms with E-state index in [4.69, 9.17) is 16.7 Å².